The summed E-state index contributed by atoms with van der Waals surface area (Å²) in [5.41, 5.74) is 1.85. The van der Waals surface area contributed by atoms with E-state index in [-0.39, 0.29) is 29.2 Å². The number of hydrogen-bond acceptors (Lipinski definition) is 7. The number of aryl methyl sites for hydroxylation is 1. The van der Waals surface area contributed by atoms with Gasteiger partial charge in [0.1, 0.15) is 11.9 Å². The number of hydrogen-bond donors (Lipinski definition) is 1. The van der Waals surface area contributed by atoms with E-state index in [9.17, 15) is 9.18 Å². The number of aromatic nitrogens is 3. The first-order valence-electron chi connectivity index (χ1n) is 8.94. The van der Waals surface area contributed by atoms with Crippen molar-refractivity contribution in [3.63, 3.8) is 0 Å². The molecule has 0 bridgehead atoms. The third-order valence-corrected chi connectivity index (χ3v) is 4.76. The molecule has 2 aromatic rings. The molecule has 0 aromatic carbocycles. The number of amides is 1. The minimum atomic E-state index is -0.551. The minimum absolute atomic E-state index is 0.0300. The number of pyridine rings is 1. The zero-order valence-electron chi connectivity index (χ0n) is 16.3. The van der Waals surface area contributed by atoms with Crippen LogP contribution in [0.4, 0.5) is 16.0 Å². The van der Waals surface area contributed by atoms with Crippen molar-refractivity contribution in [2.75, 3.05) is 37.4 Å². The molecule has 1 amide bonds. The molecule has 28 heavy (non-hydrogen) atoms. The van der Waals surface area contributed by atoms with E-state index < -0.39 is 5.82 Å². The summed E-state index contributed by atoms with van der Waals surface area (Å²) < 4.78 is 14.1. The van der Waals surface area contributed by atoms with E-state index in [1.165, 1.54) is 17.2 Å². The lowest BCUT2D eigenvalue weighted by Gasteiger charge is -2.22. The van der Waals surface area contributed by atoms with Crippen LogP contribution in [0.15, 0.2) is 12.3 Å². The molecule has 1 aliphatic rings. The second-order valence-electron chi connectivity index (χ2n) is 7.02. The van der Waals surface area contributed by atoms with Crippen LogP contribution in [-0.2, 0) is 0 Å². The van der Waals surface area contributed by atoms with E-state index in [2.05, 4.69) is 25.2 Å². The predicted octanol–water partition coefficient (Wildman–Crippen LogP) is 1.89. The molecule has 0 radical (unpaired) electrons. The molecule has 0 unspecified atom stereocenters. The van der Waals surface area contributed by atoms with Crippen molar-refractivity contribution in [3.05, 3.63) is 40.7 Å². The Morgan fingerprint density at radius 2 is 2.14 bits per heavy atom. The summed E-state index contributed by atoms with van der Waals surface area (Å²) >= 11 is 0. The van der Waals surface area contributed by atoms with Gasteiger partial charge in [-0.2, -0.15) is 5.26 Å². The summed E-state index contributed by atoms with van der Waals surface area (Å²) in [6, 6.07) is 3.00. The number of halogens is 1. The molecule has 8 nitrogen and oxygen atoms in total. The Labute approximate surface area is 163 Å². The molecule has 1 fully saturated rings. The second-order valence-corrected chi connectivity index (χ2v) is 7.02. The van der Waals surface area contributed by atoms with Crippen molar-refractivity contribution in [2.24, 2.45) is 0 Å². The van der Waals surface area contributed by atoms with E-state index >= 15 is 0 Å². The number of carbonyl (C=O) groups excluding carboxylic acids is 1. The first-order chi connectivity index (χ1) is 13.3. The van der Waals surface area contributed by atoms with Crippen molar-refractivity contribution < 1.29 is 9.18 Å². The number of anilines is 2. The lowest BCUT2D eigenvalue weighted by Crippen LogP contribution is -2.30. The summed E-state index contributed by atoms with van der Waals surface area (Å²) in [5, 5.41) is 11.9. The Morgan fingerprint density at radius 1 is 1.39 bits per heavy atom. The lowest BCUT2D eigenvalue weighted by atomic mass is 10.2. The Morgan fingerprint density at radius 3 is 2.79 bits per heavy atom. The van der Waals surface area contributed by atoms with Crippen LogP contribution in [0, 0.1) is 31.0 Å². The smallest absolute Gasteiger partial charge is 0.291 e. The SMILES string of the molecule is Cc1nc(C(=O)N(C)C)nc(N2CC[C@@H](Nc3ncc(C#N)cc3F)C2)c1C. The minimum Gasteiger partial charge on any atom is -0.363 e. The number of nitrogens with one attached hydrogen (secondary N) is 1. The third-order valence-electron chi connectivity index (χ3n) is 4.76. The van der Waals surface area contributed by atoms with E-state index in [0.717, 1.165) is 23.5 Å². The van der Waals surface area contributed by atoms with Gasteiger partial charge in [0, 0.05) is 50.7 Å². The quantitative estimate of drug-likeness (QED) is 0.861. The average molecular weight is 383 g/mol. The Kier molecular flexibility index (Phi) is 5.40. The molecule has 9 heteroatoms. The van der Waals surface area contributed by atoms with Gasteiger partial charge in [-0.25, -0.2) is 19.3 Å². The summed E-state index contributed by atoms with van der Waals surface area (Å²) in [6.45, 7) is 5.09. The summed E-state index contributed by atoms with van der Waals surface area (Å²) in [6.07, 6.45) is 2.11. The fraction of sp³-hybridized carbons (Fsp3) is 0.421. The highest BCUT2D eigenvalue weighted by atomic mass is 19.1. The molecule has 1 N–H and O–H groups in total. The van der Waals surface area contributed by atoms with E-state index in [4.69, 9.17) is 5.26 Å². The van der Waals surface area contributed by atoms with Gasteiger partial charge >= 0.3 is 0 Å². The van der Waals surface area contributed by atoms with Crippen LogP contribution < -0.4 is 10.2 Å². The van der Waals surface area contributed by atoms with E-state index in [0.29, 0.717) is 13.1 Å². The Bertz CT molecular complexity index is 954. The largest absolute Gasteiger partial charge is 0.363 e. The highest BCUT2D eigenvalue weighted by molar-refractivity contribution is 5.90. The first-order valence-corrected chi connectivity index (χ1v) is 8.94. The number of carbonyl (C=O) groups is 1. The first kappa shape index (κ1) is 19.5. The molecule has 0 aliphatic carbocycles. The van der Waals surface area contributed by atoms with Crippen LogP contribution in [-0.4, -0.2) is 59.0 Å². The van der Waals surface area contributed by atoms with E-state index in [1.807, 2.05) is 19.9 Å². The number of rotatable bonds is 4. The Balaban J connectivity index is 1.78. The molecule has 0 spiro atoms. The highest BCUT2D eigenvalue weighted by Gasteiger charge is 2.27. The van der Waals surface area contributed by atoms with Gasteiger partial charge in [-0.05, 0) is 26.3 Å². The molecule has 3 heterocycles. The summed E-state index contributed by atoms with van der Waals surface area (Å²) in [5.74, 6) is 0.215. The maximum Gasteiger partial charge on any atom is 0.291 e. The molecule has 1 aliphatic heterocycles. The van der Waals surface area contributed by atoms with Crippen LogP contribution in [0.25, 0.3) is 0 Å². The van der Waals surface area contributed by atoms with Crippen LogP contribution in [0.5, 0.6) is 0 Å². The van der Waals surface area contributed by atoms with Gasteiger partial charge in [-0.1, -0.05) is 0 Å². The molecular weight excluding hydrogens is 361 g/mol. The molecule has 2 aromatic heterocycles. The number of nitrogens with zero attached hydrogens (tertiary/aromatic N) is 6. The number of nitriles is 1. The second kappa shape index (κ2) is 7.76. The van der Waals surface area contributed by atoms with Crippen molar-refractivity contribution in [1.82, 2.24) is 19.9 Å². The average Bonchev–Trinajstić information content (AvgIpc) is 3.13. The van der Waals surface area contributed by atoms with Crippen molar-refractivity contribution in [3.8, 4) is 6.07 Å². The lowest BCUT2D eigenvalue weighted by molar-refractivity contribution is 0.0815. The van der Waals surface area contributed by atoms with Gasteiger partial charge in [0.25, 0.3) is 5.91 Å². The van der Waals surface area contributed by atoms with Gasteiger partial charge in [0.05, 0.1) is 5.56 Å². The van der Waals surface area contributed by atoms with Crippen LogP contribution >= 0.6 is 0 Å². The molecule has 146 valence electrons. The van der Waals surface area contributed by atoms with Gasteiger partial charge < -0.3 is 15.1 Å². The maximum absolute atomic E-state index is 14.1. The van der Waals surface area contributed by atoms with Gasteiger partial charge in [0.2, 0.25) is 5.82 Å². The monoisotopic (exact) mass is 383 g/mol. The van der Waals surface area contributed by atoms with Crippen molar-refractivity contribution >= 4 is 17.5 Å². The van der Waals surface area contributed by atoms with Crippen LogP contribution in [0.2, 0.25) is 0 Å². The third kappa shape index (κ3) is 3.86. The standard InChI is InChI=1S/C19H22FN7O/c1-11-12(2)23-17(19(28)26(3)4)25-18(11)27-6-5-14(10-27)24-16-15(20)7-13(8-21)9-22-16/h7,9,14H,5-6,10H2,1-4H3,(H,22,24)/t14-/m1/s1. The molecular formula is C19H22FN7O. The van der Waals surface area contributed by atoms with Crippen molar-refractivity contribution in [1.29, 1.82) is 5.26 Å². The zero-order chi connectivity index (χ0) is 20.4. The van der Waals surface area contributed by atoms with Crippen LogP contribution in [0.3, 0.4) is 0 Å². The van der Waals surface area contributed by atoms with E-state index in [1.54, 1.807) is 14.1 Å². The fourth-order valence-electron chi connectivity index (χ4n) is 3.09. The summed E-state index contributed by atoms with van der Waals surface area (Å²) in [4.78, 5) is 28.6. The van der Waals surface area contributed by atoms with Crippen LogP contribution in [0.1, 0.15) is 33.9 Å². The van der Waals surface area contributed by atoms with Gasteiger partial charge in [-0.3, -0.25) is 4.79 Å². The zero-order valence-corrected chi connectivity index (χ0v) is 16.3. The highest BCUT2D eigenvalue weighted by Crippen LogP contribution is 2.26. The summed E-state index contributed by atoms with van der Waals surface area (Å²) in [7, 11) is 3.32. The van der Waals surface area contributed by atoms with Crippen molar-refractivity contribution in [2.45, 2.75) is 26.3 Å². The van der Waals surface area contributed by atoms with Gasteiger partial charge in [-0.15, -0.1) is 0 Å². The fourth-order valence-corrected chi connectivity index (χ4v) is 3.09. The molecule has 1 atom stereocenters. The predicted molar refractivity (Wildman–Crippen MR) is 103 cm³/mol. The topological polar surface area (TPSA) is 98.0 Å². The molecule has 1 saturated heterocycles. The molecule has 3 rings (SSSR count). The molecule has 0 saturated carbocycles. The Hall–Kier alpha value is -3.28. The van der Waals surface area contributed by atoms with Gasteiger partial charge in [0.15, 0.2) is 11.6 Å². The maximum atomic E-state index is 14.1. The normalized spacial score (nSPS) is 16.0.